The van der Waals surface area contributed by atoms with E-state index in [9.17, 15) is 57.5 Å². The number of hydrogen-bond acceptors (Lipinski definition) is 1. The van der Waals surface area contributed by atoms with Crippen LogP contribution in [-0.4, -0.2) is 41.9 Å². The molecule has 0 aliphatic rings. The van der Waals surface area contributed by atoms with E-state index in [1.54, 1.807) is 0 Å². The van der Waals surface area contributed by atoms with E-state index in [0.29, 0.717) is 6.07 Å². The van der Waals surface area contributed by atoms with Gasteiger partial charge in [0.25, 0.3) is 0 Å². The first-order valence-electron chi connectivity index (χ1n) is 6.69. The summed E-state index contributed by atoms with van der Waals surface area (Å²) in [6.07, 6.45) is -5.63. The Morgan fingerprint density at radius 2 is 1.31 bits per heavy atom. The largest absolute Gasteiger partial charge is 0.393 e. The van der Waals surface area contributed by atoms with Crippen LogP contribution in [0.25, 0.3) is 0 Å². The van der Waals surface area contributed by atoms with Crippen LogP contribution in [0.2, 0.25) is 10.0 Å². The summed E-state index contributed by atoms with van der Waals surface area (Å²) >= 11 is 10.8. The molecule has 1 N–H and O–H groups in total. The lowest BCUT2D eigenvalue weighted by atomic mass is 9.94. The number of anilines is 1. The molecule has 0 spiro atoms. The summed E-state index contributed by atoms with van der Waals surface area (Å²) < 4.78 is 157. The fourth-order valence-corrected chi connectivity index (χ4v) is 2.01. The molecule has 1 rings (SSSR count). The molecule has 1 amide bonds. The number of benzene rings is 1. The van der Waals surface area contributed by atoms with Crippen LogP contribution in [0.15, 0.2) is 18.2 Å². The molecule has 0 aromatic heterocycles. The maximum atomic E-state index is 13.6. The Bertz CT molecular complexity index is 783. The van der Waals surface area contributed by atoms with Crippen LogP contribution in [0, 0.1) is 0 Å². The van der Waals surface area contributed by atoms with Gasteiger partial charge in [0.2, 0.25) is 0 Å². The van der Waals surface area contributed by atoms with Gasteiger partial charge in [0.1, 0.15) is 0 Å². The fourth-order valence-electron chi connectivity index (χ4n) is 1.68. The lowest BCUT2D eigenvalue weighted by Crippen LogP contribution is -2.70. The van der Waals surface area contributed by atoms with Crippen molar-refractivity contribution in [3.05, 3.63) is 28.2 Å². The molecule has 16 heteroatoms. The van der Waals surface area contributed by atoms with Crippen molar-refractivity contribution in [1.82, 2.24) is 0 Å². The molecule has 1 aromatic rings. The van der Waals surface area contributed by atoms with Gasteiger partial charge in [-0.3, -0.25) is 4.79 Å². The van der Waals surface area contributed by atoms with Gasteiger partial charge in [-0.2, -0.15) is 43.9 Å². The lowest BCUT2D eigenvalue weighted by molar-refractivity contribution is -0.406. The summed E-state index contributed by atoms with van der Waals surface area (Å²) in [5.74, 6) is -40.4. The minimum absolute atomic E-state index is 0.340. The summed E-state index contributed by atoms with van der Waals surface area (Å²) in [4.78, 5) is 11.3. The minimum Gasteiger partial charge on any atom is -0.319 e. The van der Waals surface area contributed by atoms with E-state index in [1.807, 2.05) is 0 Å². The van der Waals surface area contributed by atoms with Gasteiger partial charge in [0.05, 0.1) is 10.7 Å². The Balaban J connectivity index is 3.39. The molecule has 1 aromatic carbocycles. The summed E-state index contributed by atoms with van der Waals surface area (Å²) in [6.45, 7) is 0. The van der Waals surface area contributed by atoms with E-state index in [1.165, 1.54) is 0 Å². The zero-order valence-electron chi connectivity index (χ0n) is 13.0. The van der Waals surface area contributed by atoms with Crippen molar-refractivity contribution in [2.45, 2.75) is 36.0 Å². The smallest absolute Gasteiger partial charge is 0.319 e. The van der Waals surface area contributed by atoms with Crippen LogP contribution in [0.3, 0.4) is 0 Å². The summed E-state index contributed by atoms with van der Waals surface area (Å²) in [6, 6.07) is 2.39. The minimum atomic E-state index is -7.81. The molecule has 0 atom stereocenters. The first-order valence-corrected chi connectivity index (χ1v) is 7.44. The van der Waals surface area contributed by atoms with E-state index in [4.69, 9.17) is 23.2 Å². The van der Waals surface area contributed by atoms with E-state index < -0.39 is 52.7 Å². The number of nitrogens with one attached hydrogen (secondary N) is 1. The summed E-state index contributed by atoms with van der Waals surface area (Å²) in [5, 5.41) is -0.106. The van der Waals surface area contributed by atoms with E-state index in [0.717, 1.165) is 17.4 Å². The second-order valence-corrected chi connectivity index (χ2v) is 6.14. The van der Waals surface area contributed by atoms with Crippen molar-refractivity contribution in [2.24, 2.45) is 0 Å². The van der Waals surface area contributed by atoms with Gasteiger partial charge in [0.15, 0.2) is 0 Å². The molecule has 0 aliphatic heterocycles. The van der Waals surface area contributed by atoms with Gasteiger partial charge in [0, 0.05) is 5.02 Å². The van der Waals surface area contributed by atoms with Crippen molar-refractivity contribution in [2.75, 3.05) is 5.32 Å². The Hall–Kier alpha value is -1.57. The van der Waals surface area contributed by atoms with Crippen LogP contribution < -0.4 is 5.32 Å². The molecule has 0 heterocycles. The van der Waals surface area contributed by atoms with Crippen LogP contribution in [0.1, 0.15) is 0 Å². The Morgan fingerprint density at radius 3 is 1.76 bits per heavy atom. The molecule has 29 heavy (non-hydrogen) atoms. The lowest BCUT2D eigenvalue weighted by Gasteiger charge is -2.38. The quantitative estimate of drug-likeness (QED) is 0.443. The standard InChI is InChI=1S/C13H5Cl2F12NO/c14-4-1-2-5(15)6(3-4)28-8(29)10(20,21)12(24,25)13(26,27)11(22,23)9(18,19)7(16)17/h1-3,7H,(H,28,29). The fraction of sp³-hybridized carbons (Fsp3) is 0.462. The molecule has 0 saturated carbocycles. The van der Waals surface area contributed by atoms with Gasteiger partial charge < -0.3 is 5.32 Å². The molecular formula is C13H5Cl2F12NO. The second kappa shape index (κ2) is 7.60. The first kappa shape index (κ1) is 25.5. The number of amides is 1. The van der Waals surface area contributed by atoms with Crippen LogP contribution >= 0.6 is 23.2 Å². The Morgan fingerprint density at radius 1 is 0.828 bits per heavy atom. The van der Waals surface area contributed by atoms with Gasteiger partial charge >= 0.3 is 41.9 Å². The monoisotopic (exact) mass is 489 g/mol. The predicted octanol–water partition coefficient (Wildman–Crippen LogP) is 6.37. The predicted molar refractivity (Wildman–Crippen MR) is 75.8 cm³/mol. The third kappa shape index (κ3) is 3.92. The van der Waals surface area contributed by atoms with Gasteiger partial charge in [-0.25, -0.2) is 8.78 Å². The molecule has 0 saturated heterocycles. The van der Waals surface area contributed by atoms with Crippen molar-refractivity contribution in [3.8, 4) is 0 Å². The van der Waals surface area contributed by atoms with Crippen molar-refractivity contribution < 1.29 is 57.5 Å². The topological polar surface area (TPSA) is 29.1 Å². The van der Waals surface area contributed by atoms with E-state index in [-0.39, 0.29) is 5.02 Å². The zero-order chi connectivity index (χ0) is 23.2. The van der Waals surface area contributed by atoms with E-state index >= 15 is 0 Å². The molecule has 0 aliphatic carbocycles. The molecular weight excluding hydrogens is 485 g/mol. The number of alkyl halides is 12. The summed E-state index contributed by atoms with van der Waals surface area (Å²) in [5.41, 5.74) is -0.965. The van der Waals surface area contributed by atoms with Crippen molar-refractivity contribution >= 4 is 34.8 Å². The highest BCUT2D eigenvalue weighted by atomic mass is 35.5. The maximum Gasteiger partial charge on any atom is 0.393 e. The Kier molecular flexibility index (Phi) is 6.67. The molecule has 166 valence electrons. The third-order valence-corrected chi connectivity index (χ3v) is 3.90. The molecule has 0 fully saturated rings. The number of hydrogen-bond donors (Lipinski definition) is 1. The third-order valence-electron chi connectivity index (χ3n) is 3.34. The zero-order valence-corrected chi connectivity index (χ0v) is 14.5. The van der Waals surface area contributed by atoms with Crippen molar-refractivity contribution in [3.63, 3.8) is 0 Å². The molecule has 0 radical (unpaired) electrons. The number of carbonyl (C=O) groups excluding carboxylic acids is 1. The summed E-state index contributed by atoms with van der Waals surface area (Å²) in [7, 11) is 0. The highest BCUT2D eigenvalue weighted by molar-refractivity contribution is 6.35. The highest BCUT2D eigenvalue weighted by Gasteiger charge is 2.89. The molecule has 0 bridgehead atoms. The first-order chi connectivity index (χ1) is 12.7. The number of carbonyl (C=O) groups is 1. The molecule has 0 unspecified atom stereocenters. The van der Waals surface area contributed by atoms with Gasteiger partial charge in [-0.05, 0) is 18.2 Å². The molecule has 2 nitrogen and oxygen atoms in total. The normalized spacial score (nSPS) is 14.3. The van der Waals surface area contributed by atoms with Crippen LogP contribution in [-0.2, 0) is 4.79 Å². The van der Waals surface area contributed by atoms with E-state index in [2.05, 4.69) is 0 Å². The number of halogens is 14. The highest BCUT2D eigenvalue weighted by Crippen LogP contribution is 2.58. The average Bonchev–Trinajstić information content (AvgIpc) is 2.57. The van der Waals surface area contributed by atoms with Crippen LogP contribution in [0.4, 0.5) is 58.4 Å². The second-order valence-electron chi connectivity index (χ2n) is 5.30. The average molecular weight is 490 g/mol. The number of rotatable bonds is 7. The van der Waals surface area contributed by atoms with Gasteiger partial charge in [-0.15, -0.1) is 0 Å². The van der Waals surface area contributed by atoms with Gasteiger partial charge in [-0.1, -0.05) is 23.2 Å². The SMILES string of the molecule is O=C(Nc1cc(Cl)ccc1Cl)C(F)(F)C(F)(F)C(F)(F)C(F)(F)C(F)(F)C(F)F. The van der Waals surface area contributed by atoms with Crippen molar-refractivity contribution in [1.29, 1.82) is 0 Å². The maximum absolute atomic E-state index is 13.6. The Labute approximate surface area is 162 Å². The van der Waals surface area contributed by atoms with Crippen LogP contribution in [0.5, 0.6) is 0 Å².